The van der Waals surface area contributed by atoms with Gasteiger partial charge in [-0.3, -0.25) is 9.71 Å². The lowest BCUT2D eigenvalue weighted by atomic mass is 9.91. The van der Waals surface area contributed by atoms with Crippen molar-refractivity contribution in [1.82, 2.24) is 9.71 Å². The van der Waals surface area contributed by atoms with Crippen LogP contribution in [0.2, 0.25) is 0 Å². The summed E-state index contributed by atoms with van der Waals surface area (Å²) >= 11 is 1.64. The van der Waals surface area contributed by atoms with Crippen molar-refractivity contribution in [3.8, 4) is 11.1 Å². The first kappa shape index (κ1) is 17.9. The van der Waals surface area contributed by atoms with E-state index in [4.69, 9.17) is 9.47 Å². The number of nitrogens with zero attached hydrogens (tertiary/aromatic N) is 1. The number of fused-ring (bicyclic) bond motifs is 2. The zero-order valence-corrected chi connectivity index (χ0v) is 15.2. The third-order valence-electron chi connectivity index (χ3n) is 4.72. The summed E-state index contributed by atoms with van der Waals surface area (Å²) < 4.78 is 42.3. The first-order chi connectivity index (χ1) is 12.6. The highest BCUT2D eigenvalue weighted by Crippen LogP contribution is 2.39. The van der Waals surface area contributed by atoms with Crippen LogP contribution in [0.4, 0.5) is 8.78 Å². The van der Waals surface area contributed by atoms with E-state index in [0.29, 0.717) is 18.8 Å². The fourth-order valence-corrected chi connectivity index (χ4v) is 4.03. The summed E-state index contributed by atoms with van der Waals surface area (Å²) in [6, 6.07) is 5.12. The molecule has 1 atom stereocenters. The number of pyridine rings is 1. The van der Waals surface area contributed by atoms with Gasteiger partial charge in [-0.2, -0.15) is 8.78 Å². The van der Waals surface area contributed by atoms with Gasteiger partial charge in [-0.05, 0) is 28.3 Å². The highest BCUT2D eigenvalue weighted by atomic mass is 32.2. The van der Waals surface area contributed by atoms with Gasteiger partial charge in [-0.25, -0.2) is 0 Å². The van der Waals surface area contributed by atoms with Crippen molar-refractivity contribution >= 4 is 11.9 Å². The molecule has 0 fully saturated rings. The molecule has 0 amide bonds. The van der Waals surface area contributed by atoms with Gasteiger partial charge >= 0.3 is 0 Å². The number of benzene rings is 1. The molecule has 0 saturated carbocycles. The summed E-state index contributed by atoms with van der Waals surface area (Å²) in [4.78, 5) is 4.39. The number of hydrogen-bond donors (Lipinski definition) is 1. The van der Waals surface area contributed by atoms with E-state index in [1.807, 2.05) is 6.20 Å². The molecular formula is C19H20F2N2O2S. The number of halogens is 2. The molecule has 2 aliphatic rings. The summed E-state index contributed by atoms with van der Waals surface area (Å²) in [5.41, 5.74) is 4.54. The van der Waals surface area contributed by atoms with Crippen LogP contribution in [0, 0.1) is 0 Å². The standard InChI is InChI=1S/C19H20F2N2O2S/c1-2-26-23-18-10-24-9-16-14(6-22-7-15(16)18)12-3-4-17-13(5-12)8-25-11-19(17,20)21/h3-7,18,23H,2,8-11H2,1H3. The lowest BCUT2D eigenvalue weighted by molar-refractivity contribution is -0.103. The van der Waals surface area contributed by atoms with Crippen LogP contribution in [-0.4, -0.2) is 24.0 Å². The summed E-state index contributed by atoms with van der Waals surface area (Å²) in [6.45, 7) is 2.82. The smallest absolute Gasteiger partial charge is 0.296 e. The van der Waals surface area contributed by atoms with Crippen molar-refractivity contribution in [2.24, 2.45) is 0 Å². The Bertz CT molecular complexity index is 816. The zero-order chi connectivity index (χ0) is 18.1. The molecule has 0 spiro atoms. The number of hydrogen-bond acceptors (Lipinski definition) is 5. The number of nitrogens with one attached hydrogen (secondary N) is 1. The van der Waals surface area contributed by atoms with E-state index in [2.05, 4.69) is 16.6 Å². The van der Waals surface area contributed by atoms with E-state index in [1.54, 1.807) is 30.3 Å². The van der Waals surface area contributed by atoms with Crippen molar-refractivity contribution < 1.29 is 18.3 Å². The van der Waals surface area contributed by atoms with Gasteiger partial charge in [-0.1, -0.05) is 31.0 Å². The van der Waals surface area contributed by atoms with Crippen LogP contribution in [0.25, 0.3) is 11.1 Å². The van der Waals surface area contributed by atoms with Gasteiger partial charge in [-0.15, -0.1) is 0 Å². The SMILES string of the molecule is CCSNC1COCc2c(-c3ccc4c(c3)COCC4(F)F)cncc21. The third-order valence-corrected chi connectivity index (χ3v) is 5.46. The fourth-order valence-electron chi connectivity index (χ4n) is 3.47. The van der Waals surface area contributed by atoms with E-state index in [1.165, 1.54) is 6.07 Å². The van der Waals surface area contributed by atoms with Gasteiger partial charge in [0.25, 0.3) is 5.92 Å². The molecule has 0 bridgehead atoms. The van der Waals surface area contributed by atoms with Gasteiger partial charge in [0.1, 0.15) is 6.61 Å². The minimum absolute atomic E-state index is 0.0559. The molecule has 4 nitrogen and oxygen atoms in total. The van der Waals surface area contributed by atoms with Crippen LogP contribution in [0.1, 0.15) is 35.2 Å². The minimum atomic E-state index is -2.93. The van der Waals surface area contributed by atoms with E-state index in [0.717, 1.165) is 28.0 Å². The third kappa shape index (κ3) is 3.24. The van der Waals surface area contributed by atoms with Crippen LogP contribution in [-0.2, 0) is 28.6 Å². The van der Waals surface area contributed by atoms with Gasteiger partial charge < -0.3 is 9.47 Å². The Balaban J connectivity index is 1.73. The average molecular weight is 378 g/mol. The molecular weight excluding hydrogens is 358 g/mol. The molecule has 138 valence electrons. The highest BCUT2D eigenvalue weighted by Gasteiger charge is 2.37. The molecule has 26 heavy (non-hydrogen) atoms. The lowest BCUT2D eigenvalue weighted by Gasteiger charge is -2.28. The summed E-state index contributed by atoms with van der Waals surface area (Å²) in [5.74, 6) is -1.98. The van der Waals surface area contributed by atoms with Crippen molar-refractivity contribution in [3.63, 3.8) is 0 Å². The van der Waals surface area contributed by atoms with Gasteiger partial charge in [0.05, 0.1) is 25.9 Å². The Labute approximate surface area is 155 Å². The molecule has 1 aromatic carbocycles. The van der Waals surface area contributed by atoms with Crippen LogP contribution in [0.3, 0.4) is 0 Å². The monoisotopic (exact) mass is 378 g/mol. The highest BCUT2D eigenvalue weighted by molar-refractivity contribution is 7.97. The number of aromatic nitrogens is 1. The molecule has 2 aromatic rings. The molecule has 3 heterocycles. The van der Waals surface area contributed by atoms with E-state index < -0.39 is 12.5 Å². The quantitative estimate of drug-likeness (QED) is 0.808. The molecule has 1 aromatic heterocycles. The van der Waals surface area contributed by atoms with Gasteiger partial charge in [0.15, 0.2) is 0 Å². The van der Waals surface area contributed by atoms with Crippen molar-refractivity contribution in [2.45, 2.75) is 32.1 Å². The molecule has 4 rings (SSSR count). The van der Waals surface area contributed by atoms with Crippen LogP contribution in [0.5, 0.6) is 0 Å². The van der Waals surface area contributed by atoms with Crippen molar-refractivity contribution in [3.05, 3.63) is 52.8 Å². The van der Waals surface area contributed by atoms with Gasteiger partial charge in [0, 0.05) is 29.3 Å². The van der Waals surface area contributed by atoms with E-state index >= 15 is 0 Å². The van der Waals surface area contributed by atoms with E-state index in [-0.39, 0.29) is 18.2 Å². The lowest BCUT2D eigenvalue weighted by Crippen LogP contribution is -2.28. The Kier molecular flexibility index (Phi) is 4.96. The first-order valence-electron chi connectivity index (χ1n) is 8.61. The first-order valence-corrected chi connectivity index (χ1v) is 9.60. The Morgan fingerprint density at radius 2 is 2.15 bits per heavy atom. The Hall–Kier alpha value is -1.54. The molecule has 1 N–H and O–H groups in total. The maximum absolute atomic E-state index is 14.0. The molecule has 0 saturated heterocycles. The van der Waals surface area contributed by atoms with Crippen LogP contribution < -0.4 is 4.72 Å². The van der Waals surface area contributed by atoms with Crippen LogP contribution >= 0.6 is 11.9 Å². The van der Waals surface area contributed by atoms with Crippen LogP contribution in [0.15, 0.2) is 30.6 Å². The van der Waals surface area contributed by atoms with Gasteiger partial charge in [0.2, 0.25) is 0 Å². The predicted octanol–water partition coefficient (Wildman–Crippen LogP) is 4.20. The Morgan fingerprint density at radius 1 is 1.27 bits per heavy atom. The second-order valence-corrected chi connectivity index (χ2v) is 7.54. The largest absolute Gasteiger partial charge is 0.375 e. The molecule has 1 unspecified atom stereocenters. The summed E-state index contributed by atoms with van der Waals surface area (Å²) in [5, 5.41) is 0. The maximum Gasteiger partial charge on any atom is 0.296 e. The fraction of sp³-hybridized carbons (Fsp3) is 0.421. The average Bonchev–Trinajstić information content (AvgIpc) is 2.65. The zero-order valence-electron chi connectivity index (χ0n) is 14.4. The number of alkyl halides is 2. The molecule has 0 radical (unpaired) electrons. The Morgan fingerprint density at radius 3 is 3.00 bits per heavy atom. The second-order valence-electron chi connectivity index (χ2n) is 6.44. The minimum Gasteiger partial charge on any atom is -0.375 e. The molecule has 7 heteroatoms. The number of rotatable bonds is 4. The maximum atomic E-state index is 14.0. The predicted molar refractivity (Wildman–Crippen MR) is 96.9 cm³/mol. The molecule has 2 aliphatic heterocycles. The summed E-state index contributed by atoms with van der Waals surface area (Å²) in [6.07, 6.45) is 3.64. The second kappa shape index (κ2) is 7.23. The normalized spacial score (nSPS) is 21.1. The topological polar surface area (TPSA) is 43.4 Å². The number of ether oxygens (including phenoxy) is 2. The van der Waals surface area contributed by atoms with E-state index in [9.17, 15) is 8.78 Å². The molecule has 0 aliphatic carbocycles. The summed E-state index contributed by atoms with van der Waals surface area (Å²) in [7, 11) is 0. The van der Waals surface area contributed by atoms with Crippen molar-refractivity contribution in [2.75, 3.05) is 19.0 Å². The van der Waals surface area contributed by atoms with Crippen molar-refractivity contribution in [1.29, 1.82) is 0 Å².